The lowest BCUT2D eigenvalue weighted by Crippen LogP contribution is -2.44. The van der Waals surface area contributed by atoms with E-state index in [1.54, 1.807) is 0 Å². The molecular weight excluding hydrogens is 266 g/mol. The third kappa shape index (κ3) is 4.63. The topological polar surface area (TPSA) is 64.6 Å². The van der Waals surface area contributed by atoms with Gasteiger partial charge in [0.2, 0.25) is 0 Å². The SMILES string of the molecule is CN(C)c1ccc(CNC(=O)NCC2(O)CCCC2)cc1. The first-order valence-electron chi connectivity index (χ1n) is 7.49. The molecule has 2 amide bonds. The fraction of sp³-hybridized carbons (Fsp3) is 0.562. The van der Waals surface area contributed by atoms with Crippen LogP contribution in [0.25, 0.3) is 0 Å². The number of carbonyl (C=O) groups excluding carboxylic acids is 1. The lowest BCUT2D eigenvalue weighted by molar-refractivity contribution is 0.0501. The van der Waals surface area contributed by atoms with Gasteiger partial charge in [-0.15, -0.1) is 0 Å². The van der Waals surface area contributed by atoms with E-state index in [4.69, 9.17) is 0 Å². The van der Waals surface area contributed by atoms with Crippen LogP contribution in [0, 0.1) is 0 Å². The predicted molar refractivity (Wildman–Crippen MR) is 84.4 cm³/mol. The van der Waals surface area contributed by atoms with E-state index in [-0.39, 0.29) is 6.03 Å². The van der Waals surface area contributed by atoms with Crippen LogP contribution in [0.15, 0.2) is 24.3 Å². The first-order chi connectivity index (χ1) is 9.98. The van der Waals surface area contributed by atoms with Crippen molar-refractivity contribution in [2.75, 3.05) is 25.5 Å². The fourth-order valence-corrected chi connectivity index (χ4v) is 2.61. The molecule has 0 spiro atoms. The maximum Gasteiger partial charge on any atom is 0.315 e. The third-order valence-corrected chi connectivity index (χ3v) is 4.02. The summed E-state index contributed by atoms with van der Waals surface area (Å²) in [6.45, 7) is 0.816. The minimum absolute atomic E-state index is 0.230. The number of hydrogen-bond acceptors (Lipinski definition) is 3. The molecule has 1 aliphatic carbocycles. The van der Waals surface area contributed by atoms with Crippen LogP contribution in [0.1, 0.15) is 31.2 Å². The average molecular weight is 291 g/mol. The highest BCUT2D eigenvalue weighted by molar-refractivity contribution is 5.73. The van der Waals surface area contributed by atoms with Crippen molar-refractivity contribution in [2.45, 2.75) is 37.8 Å². The summed E-state index contributed by atoms with van der Waals surface area (Å²) in [5.74, 6) is 0. The molecule has 0 unspecified atom stereocenters. The molecule has 0 atom stereocenters. The number of nitrogens with one attached hydrogen (secondary N) is 2. The second-order valence-electron chi connectivity index (χ2n) is 6.03. The number of anilines is 1. The molecule has 1 aromatic rings. The maximum atomic E-state index is 11.7. The average Bonchev–Trinajstić information content (AvgIpc) is 2.91. The summed E-state index contributed by atoms with van der Waals surface area (Å²) in [5.41, 5.74) is 1.48. The Hall–Kier alpha value is -1.75. The van der Waals surface area contributed by atoms with E-state index >= 15 is 0 Å². The van der Waals surface area contributed by atoms with E-state index in [1.807, 2.05) is 43.3 Å². The Kier molecular flexibility index (Phi) is 5.07. The Morgan fingerprint density at radius 3 is 2.38 bits per heavy atom. The highest BCUT2D eigenvalue weighted by Gasteiger charge is 2.31. The standard InChI is InChI=1S/C16H25N3O2/c1-19(2)14-7-5-13(6-8-14)11-17-15(20)18-12-16(21)9-3-4-10-16/h5-8,21H,3-4,9-12H2,1-2H3,(H2,17,18,20). The van der Waals surface area contributed by atoms with Crippen LogP contribution in [-0.2, 0) is 6.54 Å². The minimum Gasteiger partial charge on any atom is -0.388 e. The highest BCUT2D eigenvalue weighted by atomic mass is 16.3. The lowest BCUT2D eigenvalue weighted by atomic mass is 10.0. The second kappa shape index (κ2) is 6.80. The molecule has 3 N–H and O–H groups in total. The van der Waals surface area contributed by atoms with E-state index in [0.717, 1.165) is 36.9 Å². The van der Waals surface area contributed by atoms with Gasteiger partial charge in [-0.3, -0.25) is 0 Å². The Morgan fingerprint density at radius 1 is 1.19 bits per heavy atom. The smallest absolute Gasteiger partial charge is 0.315 e. The van der Waals surface area contributed by atoms with Gasteiger partial charge in [0.05, 0.1) is 5.60 Å². The molecule has 1 aliphatic rings. The summed E-state index contributed by atoms with van der Waals surface area (Å²) in [4.78, 5) is 13.8. The first kappa shape index (κ1) is 15.6. The van der Waals surface area contributed by atoms with E-state index < -0.39 is 5.60 Å². The number of urea groups is 1. The van der Waals surface area contributed by atoms with Crippen molar-refractivity contribution in [2.24, 2.45) is 0 Å². The maximum absolute atomic E-state index is 11.7. The quantitative estimate of drug-likeness (QED) is 0.776. The Morgan fingerprint density at radius 2 is 1.81 bits per heavy atom. The van der Waals surface area contributed by atoms with Gasteiger partial charge in [-0.2, -0.15) is 0 Å². The molecule has 0 radical (unpaired) electrons. The van der Waals surface area contributed by atoms with Gasteiger partial charge in [-0.25, -0.2) is 4.79 Å². The fourth-order valence-electron chi connectivity index (χ4n) is 2.61. The molecule has 21 heavy (non-hydrogen) atoms. The molecule has 0 aliphatic heterocycles. The zero-order valence-corrected chi connectivity index (χ0v) is 12.9. The minimum atomic E-state index is -0.704. The van der Waals surface area contributed by atoms with Gasteiger partial charge < -0.3 is 20.6 Å². The normalized spacial score (nSPS) is 16.5. The summed E-state index contributed by atoms with van der Waals surface area (Å²) in [6, 6.07) is 7.82. The molecule has 1 fully saturated rings. The van der Waals surface area contributed by atoms with Crippen molar-refractivity contribution in [1.82, 2.24) is 10.6 Å². The van der Waals surface area contributed by atoms with E-state index in [0.29, 0.717) is 13.1 Å². The molecule has 0 aromatic heterocycles. The van der Waals surface area contributed by atoms with Gasteiger partial charge in [-0.05, 0) is 30.5 Å². The summed E-state index contributed by atoms with van der Waals surface area (Å²) in [5, 5.41) is 15.7. The van der Waals surface area contributed by atoms with Crippen LogP contribution in [-0.4, -0.2) is 37.4 Å². The Bertz CT molecular complexity index is 465. The molecule has 2 rings (SSSR count). The molecular formula is C16H25N3O2. The molecule has 0 bridgehead atoms. The van der Waals surface area contributed by atoms with Crippen LogP contribution >= 0.6 is 0 Å². The monoisotopic (exact) mass is 291 g/mol. The number of nitrogens with zero attached hydrogens (tertiary/aromatic N) is 1. The number of amides is 2. The Labute approximate surface area is 126 Å². The molecule has 1 saturated carbocycles. The van der Waals surface area contributed by atoms with Crippen molar-refractivity contribution in [3.05, 3.63) is 29.8 Å². The van der Waals surface area contributed by atoms with Gasteiger partial charge in [-0.1, -0.05) is 25.0 Å². The van der Waals surface area contributed by atoms with Crippen molar-refractivity contribution in [1.29, 1.82) is 0 Å². The van der Waals surface area contributed by atoms with Crippen LogP contribution in [0.2, 0.25) is 0 Å². The van der Waals surface area contributed by atoms with E-state index in [1.165, 1.54) is 0 Å². The van der Waals surface area contributed by atoms with Gasteiger partial charge in [0.25, 0.3) is 0 Å². The summed E-state index contributed by atoms with van der Waals surface area (Å²) in [6.07, 6.45) is 3.63. The Balaban J connectivity index is 1.73. The lowest BCUT2D eigenvalue weighted by Gasteiger charge is -2.22. The van der Waals surface area contributed by atoms with Crippen LogP contribution in [0.3, 0.4) is 0 Å². The first-order valence-corrected chi connectivity index (χ1v) is 7.49. The van der Waals surface area contributed by atoms with Gasteiger partial charge in [0, 0.05) is 32.9 Å². The van der Waals surface area contributed by atoms with Gasteiger partial charge >= 0.3 is 6.03 Å². The number of carbonyl (C=O) groups is 1. The molecule has 0 heterocycles. The molecule has 5 nitrogen and oxygen atoms in total. The molecule has 116 valence electrons. The number of aliphatic hydroxyl groups is 1. The zero-order chi connectivity index (χ0) is 15.3. The molecule has 1 aromatic carbocycles. The molecule has 5 heteroatoms. The predicted octanol–water partition coefficient (Wildman–Crippen LogP) is 1.86. The van der Waals surface area contributed by atoms with E-state index in [2.05, 4.69) is 10.6 Å². The number of hydrogen-bond donors (Lipinski definition) is 3. The number of rotatable bonds is 5. The summed E-state index contributed by atoms with van der Waals surface area (Å²) >= 11 is 0. The van der Waals surface area contributed by atoms with Gasteiger partial charge in [0.15, 0.2) is 0 Å². The van der Waals surface area contributed by atoms with Crippen LogP contribution < -0.4 is 15.5 Å². The van der Waals surface area contributed by atoms with Gasteiger partial charge in [0.1, 0.15) is 0 Å². The highest BCUT2D eigenvalue weighted by Crippen LogP contribution is 2.28. The molecule has 0 saturated heterocycles. The summed E-state index contributed by atoms with van der Waals surface area (Å²) in [7, 11) is 3.99. The van der Waals surface area contributed by atoms with Crippen molar-refractivity contribution < 1.29 is 9.90 Å². The van der Waals surface area contributed by atoms with Crippen molar-refractivity contribution in [3.63, 3.8) is 0 Å². The summed E-state index contributed by atoms with van der Waals surface area (Å²) < 4.78 is 0. The third-order valence-electron chi connectivity index (χ3n) is 4.02. The largest absolute Gasteiger partial charge is 0.388 e. The van der Waals surface area contributed by atoms with Crippen molar-refractivity contribution >= 4 is 11.7 Å². The van der Waals surface area contributed by atoms with Crippen molar-refractivity contribution in [3.8, 4) is 0 Å². The van der Waals surface area contributed by atoms with Crippen LogP contribution in [0.5, 0.6) is 0 Å². The number of benzene rings is 1. The zero-order valence-electron chi connectivity index (χ0n) is 12.9. The van der Waals surface area contributed by atoms with E-state index in [9.17, 15) is 9.90 Å². The van der Waals surface area contributed by atoms with Crippen LogP contribution in [0.4, 0.5) is 10.5 Å². The second-order valence-corrected chi connectivity index (χ2v) is 6.03.